The van der Waals surface area contributed by atoms with E-state index < -0.39 is 0 Å². The van der Waals surface area contributed by atoms with Crippen molar-refractivity contribution < 1.29 is 0 Å². The van der Waals surface area contributed by atoms with Gasteiger partial charge in [0.2, 0.25) is 0 Å². The maximum Gasteiger partial charge on any atom is 0.0372 e. The molecule has 1 saturated heterocycles. The minimum Gasteiger partial charge on any atom is -0.385 e. The van der Waals surface area contributed by atoms with Gasteiger partial charge in [-0.25, -0.2) is 0 Å². The van der Waals surface area contributed by atoms with Crippen LogP contribution in [0.4, 0.5) is 5.69 Å². The average molecular weight is 262 g/mol. The fraction of sp³-hybridized carbons (Fsp3) is 0.600. The van der Waals surface area contributed by atoms with Crippen LogP contribution in [0, 0.1) is 0 Å². The number of rotatable bonds is 2. The van der Waals surface area contributed by atoms with Gasteiger partial charge in [-0.3, -0.25) is 4.90 Å². The molecule has 1 aromatic carbocycles. The lowest BCUT2D eigenvalue weighted by Crippen LogP contribution is -2.39. The van der Waals surface area contributed by atoms with E-state index in [9.17, 15) is 0 Å². The van der Waals surface area contributed by atoms with Gasteiger partial charge < -0.3 is 5.32 Å². The molecule has 0 spiro atoms. The summed E-state index contributed by atoms with van der Waals surface area (Å²) in [6.07, 6.45) is 2.51. The molecule has 2 heterocycles. The molecule has 0 amide bonds. The maximum atomic E-state index is 3.49. The molecule has 1 fully saturated rings. The number of thioether (sulfide) groups is 1. The van der Waals surface area contributed by atoms with Gasteiger partial charge in [0.1, 0.15) is 0 Å². The van der Waals surface area contributed by atoms with Crippen molar-refractivity contribution in [1.29, 1.82) is 0 Å². The number of benzene rings is 1. The van der Waals surface area contributed by atoms with Crippen LogP contribution in [0.15, 0.2) is 18.2 Å². The SMILES string of the molecule is CC1CSCCN1Cc1ccc2c(c1)CCCN2. The van der Waals surface area contributed by atoms with Crippen LogP contribution in [0.1, 0.15) is 24.5 Å². The van der Waals surface area contributed by atoms with E-state index in [-0.39, 0.29) is 0 Å². The van der Waals surface area contributed by atoms with Gasteiger partial charge >= 0.3 is 0 Å². The molecule has 2 nitrogen and oxygen atoms in total. The second kappa shape index (κ2) is 5.54. The van der Waals surface area contributed by atoms with Gasteiger partial charge in [-0.1, -0.05) is 12.1 Å². The predicted octanol–water partition coefficient (Wildman–Crippen LogP) is 2.98. The molecule has 0 bridgehead atoms. The third kappa shape index (κ3) is 2.67. The summed E-state index contributed by atoms with van der Waals surface area (Å²) in [6.45, 7) is 5.84. The minimum atomic E-state index is 0.720. The number of hydrogen-bond donors (Lipinski definition) is 1. The molecule has 3 heteroatoms. The van der Waals surface area contributed by atoms with Crippen LogP contribution >= 0.6 is 11.8 Å². The van der Waals surface area contributed by atoms with Crippen LogP contribution in [-0.2, 0) is 13.0 Å². The Morgan fingerprint density at radius 2 is 2.39 bits per heavy atom. The molecular formula is C15H22N2S. The molecule has 1 atom stereocenters. The summed E-state index contributed by atoms with van der Waals surface area (Å²) >= 11 is 2.09. The first-order valence-electron chi connectivity index (χ1n) is 7.00. The molecule has 98 valence electrons. The molecule has 18 heavy (non-hydrogen) atoms. The van der Waals surface area contributed by atoms with E-state index in [1.165, 1.54) is 47.7 Å². The van der Waals surface area contributed by atoms with Gasteiger partial charge in [0.25, 0.3) is 0 Å². The van der Waals surface area contributed by atoms with Crippen molar-refractivity contribution >= 4 is 17.4 Å². The molecule has 0 aliphatic carbocycles. The number of nitrogens with zero attached hydrogens (tertiary/aromatic N) is 1. The summed E-state index contributed by atoms with van der Waals surface area (Å²) in [4.78, 5) is 2.62. The maximum absolute atomic E-state index is 3.49. The summed E-state index contributed by atoms with van der Waals surface area (Å²) in [5, 5.41) is 3.49. The monoisotopic (exact) mass is 262 g/mol. The number of hydrogen-bond acceptors (Lipinski definition) is 3. The fourth-order valence-electron chi connectivity index (χ4n) is 2.86. The van der Waals surface area contributed by atoms with Crippen molar-refractivity contribution in [2.75, 3.05) is 29.9 Å². The number of fused-ring (bicyclic) bond motifs is 1. The third-order valence-corrected chi connectivity index (χ3v) is 5.19. The molecule has 1 N–H and O–H groups in total. The van der Waals surface area contributed by atoms with Crippen LogP contribution in [0.3, 0.4) is 0 Å². The van der Waals surface area contributed by atoms with Gasteiger partial charge in [0, 0.05) is 42.9 Å². The van der Waals surface area contributed by atoms with Crippen LogP contribution in [0.5, 0.6) is 0 Å². The van der Waals surface area contributed by atoms with Crippen molar-refractivity contribution in [2.45, 2.75) is 32.4 Å². The lowest BCUT2D eigenvalue weighted by atomic mass is 10.0. The third-order valence-electron chi connectivity index (χ3n) is 4.00. The first-order chi connectivity index (χ1) is 8.83. The van der Waals surface area contributed by atoms with Gasteiger partial charge in [0.15, 0.2) is 0 Å². The Kier molecular flexibility index (Phi) is 3.80. The molecule has 1 unspecified atom stereocenters. The van der Waals surface area contributed by atoms with Crippen LogP contribution in [0.25, 0.3) is 0 Å². The summed E-state index contributed by atoms with van der Waals surface area (Å²) in [7, 11) is 0. The zero-order chi connectivity index (χ0) is 12.4. The first-order valence-corrected chi connectivity index (χ1v) is 8.16. The Hall–Kier alpha value is -0.670. The molecule has 2 aliphatic heterocycles. The molecule has 0 radical (unpaired) electrons. The van der Waals surface area contributed by atoms with Gasteiger partial charge in [-0.15, -0.1) is 0 Å². The summed E-state index contributed by atoms with van der Waals surface area (Å²) in [6, 6.07) is 7.70. The molecule has 0 aromatic heterocycles. The van der Waals surface area contributed by atoms with Gasteiger partial charge in [0.05, 0.1) is 0 Å². The second-order valence-electron chi connectivity index (χ2n) is 5.42. The highest BCUT2D eigenvalue weighted by atomic mass is 32.2. The average Bonchev–Trinajstić information content (AvgIpc) is 2.41. The molecule has 2 aliphatic rings. The summed E-state index contributed by atoms with van der Waals surface area (Å²) in [5.41, 5.74) is 4.35. The van der Waals surface area contributed by atoms with E-state index >= 15 is 0 Å². The smallest absolute Gasteiger partial charge is 0.0372 e. The van der Waals surface area contributed by atoms with E-state index in [2.05, 4.69) is 47.1 Å². The highest BCUT2D eigenvalue weighted by Crippen LogP contribution is 2.25. The second-order valence-corrected chi connectivity index (χ2v) is 6.57. The van der Waals surface area contributed by atoms with Crippen molar-refractivity contribution in [1.82, 2.24) is 4.90 Å². The Bertz CT molecular complexity index is 419. The molecule has 1 aromatic rings. The lowest BCUT2D eigenvalue weighted by Gasteiger charge is -2.33. The Labute approximate surface area is 114 Å². The number of nitrogens with one attached hydrogen (secondary N) is 1. The van der Waals surface area contributed by atoms with Crippen LogP contribution < -0.4 is 5.32 Å². The normalized spacial score (nSPS) is 24.4. The Morgan fingerprint density at radius 3 is 3.28 bits per heavy atom. The van der Waals surface area contributed by atoms with Crippen LogP contribution in [-0.4, -0.2) is 35.5 Å². The lowest BCUT2D eigenvalue weighted by molar-refractivity contribution is 0.224. The van der Waals surface area contributed by atoms with E-state index in [0.717, 1.165) is 19.1 Å². The van der Waals surface area contributed by atoms with Gasteiger partial charge in [-0.05, 0) is 37.0 Å². The van der Waals surface area contributed by atoms with Crippen molar-refractivity contribution in [3.8, 4) is 0 Å². The van der Waals surface area contributed by atoms with E-state index in [4.69, 9.17) is 0 Å². The molecular weight excluding hydrogens is 240 g/mol. The molecule has 3 rings (SSSR count). The highest BCUT2D eigenvalue weighted by molar-refractivity contribution is 7.99. The molecule has 0 saturated carbocycles. The van der Waals surface area contributed by atoms with Gasteiger partial charge in [-0.2, -0.15) is 11.8 Å². The zero-order valence-corrected chi connectivity index (χ0v) is 11.9. The Balaban J connectivity index is 1.72. The van der Waals surface area contributed by atoms with Crippen molar-refractivity contribution in [3.63, 3.8) is 0 Å². The summed E-state index contributed by atoms with van der Waals surface area (Å²) in [5.74, 6) is 2.57. The van der Waals surface area contributed by atoms with Crippen molar-refractivity contribution in [3.05, 3.63) is 29.3 Å². The number of anilines is 1. The largest absolute Gasteiger partial charge is 0.385 e. The highest BCUT2D eigenvalue weighted by Gasteiger charge is 2.19. The Morgan fingerprint density at radius 1 is 1.44 bits per heavy atom. The quantitative estimate of drug-likeness (QED) is 0.882. The predicted molar refractivity (Wildman–Crippen MR) is 80.4 cm³/mol. The van der Waals surface area contributed by atoms with E-state index in [1.807, 2.05) is 0 Å². The topological polar surface area (TPSA) is 15.3 Å². The van der Waals surface area contributed by atoms with E-state index in [1.54, 1.807) is 0 Å². The number of aryl methyl sites for hydroxylation is 1. The van der Waals surface area contributed by atoms with E-state index in [0.29, 0.717) is 0 Å². The van der Waals surface area contributed by atoms with Crippen molar-refractivity contribution in [2.24, 2.45) is 0 Å². The fourth-order valence-corrected chi connectivity index (χ4v) is 3.94. The summed E-state index contributed by atoms with van der Waals surface area (Å²) < 4.78 is 0. The first kappa shape index (κ1) is 12.4. The minimum absolute atomic E-state index is 0.720. The standard InChI is InChI=1S/C15H22N2S/c1-12-11-18-8-7-17(12)10-13-4-5-15-14(9-13)3-2-6-16-15/h4-5,9,12,16H,2-3,6-8,10-11H2,1H3. The zero-order valence-electron chi connectivity index (χ0n) is 11.1. The van der Waals surface area contributed by atoms with Crippen LogP contribution in [0.2, 0.25) is 0 Å².